The lowest BCUT2D eigenvalue weighted by Gasteiger charge is -2.11. The summed E-state index contributed by atoms with van der Waals surface area (Å²) in [5.41, 5.74) is 1.65. The lowest BCUT2D eigenvalue weighted by Crippen LogP contribution is -2.34. The molecule has 0 bridgehead atoms. The van der Waals surface area contributed by atoms with E-state index in [1.54, 1.807) is 54.6 Å². The van der Waals surface area contributed by atoms with Crippen LogP contribution in [0.25, 0.3) is 0 Å². The van der Waals surface area contributed by atoms with Gasteiger partial charge in [-0.05, 0) is 70.6 Å². The average Bonchev–Trinajstić information content (AvgIpc) is 3.17. The first kappa shape index (κ1) is 18.8. The molecule has 0 saturated carbocycles. The minimum absolute atomic E-state index is 0.144. The second-order valence-electron chi connectivity index (χ2n) is 5.40. The van der Waals surface area contributed by atoms with Crippen molar-refractivity contribution in [3.8, 4) is 0 Å². The molecular formula is C19H14BrN3O3S. The van der Waals surface area contributed by atoms with E-state index in [1.165, 1.54) is 6.26 Å². The number of hydrogen-bond donors (Lipinski definition) is 3. The van der Waals surface area contributed by atoms with Crippen LogP contribution in [0.2, 0.25) is 0 Å². The standard InChI is InChI=1S/C19H14BrN3O3S/c20-15-8-2-1-7-14(15)17(24)23-19(27)22-13-6-3-5-12(11-13)21-18(25)16-9-4-10-26-16/h1-11H,(H,21,25)(H2,22,23,24,27). The first-order valence-electron chi connectivity index (χ1n) is 7.85. The quantitative estimate of drug-likeness (QED) is 0.519. The Morgan fingerprint density at radius 3 is 2.33 bits per heavy atom. The van der Waals surface area contributed by atoms with Gasteiger partial charge in [0.1, 0.15) is 0 Å². The number of amides is 2. The Kier molecular flexibility index (Phi) is 6.00. The highest BCUT2D eigenvalue weighted by Gasteiger charge is 2.12. The molecule has 27 heavy (non-hydrogen) atoms. The minimum atomic E-state index is -0.359. The maximum Gasteiger partial charge on any atom is 0.291 e. The number of halogens is 1. The second kappa shape index (κ2) is 8.61. The normalized spacial score (nSPS) is 10.1. The highest BCUT2D eigenvalue weighted by Crippen LogP contribution is 2.17. The number of furan rings is 1. The maximum absolute atomic E-state index is 12.3. The molecule has 0 saturated heterocycles. The molecule has 8 heteroatoms. The van der Waals surface area contributed by atoms with Crippen molar-refractivity contribution in [1.82, 2.24) is 5.32 Å². The summed E-state index contributed by atoms with van der Waals surface area (Å²) < 4.78 is 5.73. The Hall–Kier alpha value is -2.97. The summed E-state index contributed by atoms with van der Waals surface area (Å²) in [7, 11) is 0. The number of carbonyl (C=O) groups is 2. The van der Waals surface area contributed by atoms with E-state index < -0.39 is 0 Å². The van der Waals surface area contributed by atoms with Gasteiger partial charge in [-0.2, -0.15) is 0 Å². The lowest BCUT2D eigenvalue weighted by molar-refractivity contribution is 0.0974. The highest BCUT2D eigenvalue weighted by molar-refractivity contribution is 9.10. The smallest absolute Gasteiger partial charge is 0.291 e. The van der Waals surface area contributed by atoms with E-state index in [0.29, 0.717) is 21.4 Å². The topological polar surface area (TPSA) is 83.4 Å². The number of nitrogens with one attached hydrogen (secondary N) is 3. The second-order valence-corrected chi connectivity index (χ2v) is 6.66. The lowest BCUT2D eigenvalue weighted by atomic mass is 10.2. The van der Waals surface area contributed by atoms with E-state index in [-0.39, 0.29) is 22.7 Å². The van der Waals surface area contributed by atoms with Gasteiger partial charge in [0.05, 0.1) is 11.8 Å². The summed E-state index contributed by atoms with van der Waals surface area (Å²) in [6.07, 6.45) is 1.43. The van der Waals surface area contributed by atoms with Gasteiger partial charge >= 0.3 is 0 Å². The largest absolute Gasteiger partial charge is 0.459 e. The number of hydrogen-bond acceptors (Lipinski definition) is 4. The minimum Gasteiger partial charge on any atom is -0.459 e. The Balaban J connectivity index is 1.62. The van der Waals surface area contributed by atoms with Crippen LogP contribution >= 0.6 is 28.1 Å². The molecule has 0 unspecified atom stereocenters. The van der Waals surface area contributed by atoms with Gasteiger partial charge in [0.2, 0.25) is 0 Å². The van der Waals surface area contributed by atoms with Crippen LogP contribution in [-0.2, 0) is 0 Å². The van der Waals surface area contributed by atoms with Crippen molar-refractivity contribution in [1.29, 1.82) is 0 Å². The van der Waals surface area contributed by atoms with Crippen molar-refractivity contribution in [3.63, 3.8) is 0 Å². The Morgan fingerprint density at radius 2 is 1.63 bits per heavy atom. The van der Waals surface area contributed by atoms with Crippen LogP contribution in [0.1, 0.15) is 20.9 Å². The van der Waals surface area contributed by atoms with Gasteiger partial charge in [-0.3, -0.25) is 14.9 Å². The molecule has 136 valence electrons. The zero-order valence-electron chi connectivity index (χ0n) is 13.9. The molecule has 1 aromatic heterocycles. The van der Waals surface area contributed by atoms with Crippen molar-refractivity contribution >= 4 is 56.4 Å². The third kappa shape index (κ3) is 5.02. The number of anilines is 2. The number of carbonyl (C=O) groups excluding carboxylic acids is 2. The molecule has 0 atom stereocenters. The summed E-state index contributed by atoms with van der Waals surface area (Å²) in [6.45, 7) is 0. The molecule has 1 heterocycles. The van der Waals surface area contributed by atoms with E-state index in [1.807, 2.05) is 6.07 Å². The van der Waals surface area contributed by atoms with Crippen LogP contribution in [-0.4, -0.2) is 16.9 Å². The van der Waals surface area contributed by atoms with Gasteiger partial charge in [0, 0.05) is 15.8 Å². The molecule has 2 amide bonds. The van der Waals surface area contributed by atoms with Crippen LogP contribution in [0.3, 0.4) is 0 Å². The Bertz CT molecular complexity index is 989. The molecule has 3 N–H and O–H groups in total. The Morgan fingerprint density at radius 1 is 0.889 bits per heavy atom. The van der Waals surface area contributed by atoms with Gasteiger partial charge < -0.3 is 15.1 Å². The fraction of sp³-hybridized carbons (Fsp3) is 0. The third-order valence-electron chi connectivity index (χ3n) is 3.47. The van der Waals surface area contributed by atoms with Crippen LogP contribution in [0.15, 0.2) is 75.8 Å². The molecular weight excluding hydrogens is 430 g/mol. The average molecular weight is 444 g/mol. The van der Waals surface area contributed by atoms with Crippen molar-refractivity contribution in [2.24, 2.45) is 0 Å². The van der Waals surface area contributed by atoms with Crippen molar-refractivity contribution < 1.29 is 14.0 Å². The first-order valence-corrected chi connectivity index (χ1v) is 9.05. The molecule has 0 aliphatic carbocycles. The van der Waals surface area contributed by atoms with Crippen LogP contribution < -0.4 is 16.0 Å². The molecule has 0 aliphatic heterocycles. The zero-order chi connectivity index (χ0) is 19.2. The third-order valence-corrected chi connectivity index (χ3v) is 4.36. The molecule has 6 nitrogen and oxygen atoms in total. The predicted octanol–water partition coefficient (Wildman–Crippen LogP) is 4.42. The summed E-state index contributed by atoms with van der Waals surface area (Å²) >= 11 is 8.52. The summed E-state index contributed by atoms with van der Waals surface area (Å²) in [4.78, 5) is 24.3. The van der Waals surface area contributed by atoms with Gasteiger partial charge in [0.25, 0.3) is 11.8 Å². The van der Waals surface area contributed by atoms with E-state index >= 15 is 0 Å². The van der Waals surface area contributed by atoms with Gasteiger partial charge in [-0.15, -0.1) is 0 Å². The van der Waals surface area contributed by atoms with Crippen molar-refractivity contribution in [2.75, 3.05) is 10.6 Å². The zero-order valence-corrected chi connectivity index (χ0v) is 16.3. The van der Waals surface area contributed by atoms with Gasteiger partial charge in [0.15, 0.2) is 10.9 Å². The van der Waals surface area contributed by atoms with Gasteiger partial charge in [-0.1, -0.05) is 18.2 Å². The summed E-state index contributed by atoms with van der Waals surface area (Å²) in [5, 5.41) is 8.40. The van der Waals surface area contributed by atoms with Crippen molar-refractivity contribution in [2.45, 2.75) is 0 Å². The van der Waals surface area contributed by atoms with E-state index in [9.17, 15) is 9.59 Å². The number of thiocarbonyl (C=S) groups is 1. The fourth-order valence-electron chi connectivity index (χ4n) is 2.25. The highest BCUT2D eigenvalue weighted by atomic mass is 79.9. The number of benzene rings is 2. The molecule has 0 spiro atoms. The van der Waals surface area contributed by atoms with Crippen molar-refractivity contribution in [3.05, 3.63) is 82.7 Å². The molecule has 2 aromatic carbocycles. The molecule has 0 fully saturated rings. The Labute approximate surface area is 169 Å². The van der Waals surface area contributed by atoms with E-state index in [2.05, 4.69) is 31.9 Å². The fourth-order valence-corrected chi connectivity index (χ4v) is 2.93. The number of rotatable bonds is 4. The molecule has 3 aromatic rings. The molecule has 3 rings (SSSR count). The predicted molar refractivity (Wildman–Crippen MR) is 111 cm³/mol. The molecule has 0 radical (unpaired) electrons. The summed E-state index contributed by atoms with van der Waals surface area (Å²) in [6, 6.07) is 17.2. The summed E-state index contributed by atoms with van der Waals surface area (Å²) in [5.74, 6) is -0.478. The molecule has 0 aliphatic rings. The monoisotopic (exact) mass is 443 g/mol. The van der Waals surface area contributed by atoms with E-state index in [4.69, 9.17) is 16.6 Å². The van der Waals surface area contributed by atoms with Crippen LogP contribution in [0, 0.1) is 0 Å². The van der Waals surface area contributed by atoms with Gasteiger partial charge in [-0.25, -0.2) is 0 Å². The van der Waals surface area contributed by atoms with Crippen LogP contribution in [0.4, 0.5) is 11.4 Å². The maximum atomic E-state index is 12.3. The first-order chi connectivity index (χ1) is 13.0. The SMILES string of the molecule is O=C(Nc1cccc(NC(=S)NC(=O)c2ccccc2Br)c1)c1ccco1. The van der Waals surface area contributed by atoms with Crippen LogP contribution in [0.5, 0.6) is 0 Å². The van der Waals surface area contributed by atoms with E-state index in [0.717, 1.165) is 0 Å².